The Labute approximate surface area is 81.3 Å². The first-order chi connectivity index (χ1) is 6.31. The van der Waals surface area contributed by atoms with Gasteiger partial charge in [0.2, 0.25) is 0 Å². The van der Waals surface area contributed by atoms with Crippen LogP contribution in [0.5, 0.6) is 0 Å². The fraction of sp³-hybridized carbons (Fsp3) is 0.818. The molecule has 0 saturated carbocycles. The van der Waals surface area contributed by atoms with Crippen molar-refractivity contribution in [3.63, 3.8) is 0 Å². The van der Waals surface area contributed by atoms with Crippen molar-refractivity contribution >= 4 is 5.78 Å². The molecule has 2 nitrogen and oxygen atoms in total. The van der Waals surface area contributed by atoms with Crippen molar-refractivity contribution in [3.8, 4) is 0 Å². The summed E-state index contributed by atoms with van der Waals surface area (Å²) in [6, 6.07) is 0. The van der Waals surface area contributed by atoms with Crippen LogP contribution in [0.1, 0.15) is 58.3 Å². The summed E-state index contributed by atoms with van der Waals surface area (Å²) in [5.41, 5.74) is 0. The topological polar surface area (TPSA) is 37.3 Å². The highest BCUT2D eigenvalue weighted by Gasteiger charge is 1.98. The molecular formula is C11H21O2. The predicted molar refractivity (Wildman–Crippen MR) is 53.9 cm³/mol. The van der Waals surface area contributed by atoms with Crippen molar-refractivity contribution < 1.29 is 9.90 Å². The molecule has 0 bridgehead atoms. The lowest BCUT2D eigenvalue weighted by atomic mass is 10.1. The Kier molecular flexibility index (Phi) is 9.44. The Hall–Kier alpha value is -0.370. The number of carbonyl (C=O) groups excluding carboxylic acids is 1. The summed E-state index contributed by atoms with van der Waals surface area (Å²) < 4.78 is 0. The zero-order valence-electron chi connectivity index (χ0n) is 8.59. The molecule has 0 aromatic carbocycles. The van der Waals surface area contributed by atoms with Gasteiger partial charge in [-0.1, -0.05) is 45.4 Å². The molecule has 13 heavy (non-hydrogen) atoms. The summed E-state index contributed by atoms with van der Waals surface area (Å²) in [4.78, 5) is 10.6. The van der Waals surface area contributed by atoms with E-state index in [1.807, 2.05) is 0 Å². The molecule has 0 unspecified atom stereocenters. The maximum atomic E-state index is 10.6. The molecule has 0 aliphatic carbocycles. The van der Waals surface area contributed by atoms with E-state index in [0.717, 1.165) is 12.8 Å². The van der Waals surface area contributed by atoms with Gasteiger partial charge in [-0.15, -0.1) is 0 Å². The number of hydrogen-bond acceptors (Lipinski definition) is 2. The van der Waals surface area contributed by atoms with E-state index in [0.29, 0.717) is 13.0 Å². The average molecular weight is 185 g/mol. The zero-order chi connectivity index (χ0) is 9.94. The standard InChI is InChI=1S/C11H21O2/c1-2-3-4-5-6-7-8-9-11(13)10-12/h10,12H,2-9H2,1H3. The average Bonchev–Trinajstić information content (AvgIpc) is 2.16. The van der Waals surface area contributed by atoms with Crippen LogP contribution in [0, 0.1) is 6.61 Å². The minimum Gasteiger partial charge on any atom is -0.382 e. The number of aliphatic hydroxyl groups excluding tert-OH is 1. The predicted octanol–water partition coefficient (Wildman–Crippen LogP) is 3.23. The second kappa shape index (κ2) is 9.72. The molecule has 0 fully saturated rings. The minimum atomic E-state index is -0.145. The van der Waals surface area contributed by atoms with Crippen LogP contribution >= 0.6 is 0 Å². The van der Waals surface area contributed by atoms with Gasteiger partial charge in [-0.3, -0.25) is 4.79 Å². The highest BCUT2D eigenvalue weighted by molar-refractivity contribution is 5.84. The molecule has 0 aliphatic rings. The van der Waals surface area contributed by atoms with Gasteiger partial charge in [0.15, 0.2) is 5.78 Å². The van der Waals surface area contributed by atoms with Crippen LogP contribution in [0.4, 0.5) is 0 Å². The van der Waals surface area contributed by atoms with E-state index in [-0.39, 0.29) is 5.78 Å². The first-order valence-corrected chi connectivity index (χ1v) is 5.31. The van der Waals surface area contributed by atoms with E-state index >= 15 is 0 Å². The fourth-order valence-corrected chi connectivity index (χ4v) is 1.32. The molecule has 0 aromatic heterocycles. The number of rotatable bonds is 9. The van der Waals surface area contributed by atoms with Gasteiger partial charge in [0.25, 0.3) is 0 Å². The molecule has 0 atom stereocenters. The second-order valence-electron chi connectivity index (χ2n) is 3.47. The Morgan fingerprint density at radius 2 is 1.62 bits per heavy atom. The third kappa shape index (κ3) is 9.54. The Bertz CT molecular complexity index is 121. The van der Waals surface area contributed by atoms with E-state index in [1.54, 1.807) is 0 Å². The lowest BCUT2D eigenvalue weighted by Gasteiger charge is -1.99. The van der Waals surface area contributed by atoms with Crippen LogP contribution in [-0.2, 0) is 4.79 Å². The Balaban J connectivity index is 2.95. The summed E-state index contributed by atoms with van der Waals surface area (Å²) in [6.45, 7) is 2.88. The number of unbranched alkanes of at least 4 members (excludes halogenated alkanes) is 6. The van der Waals surface area contributed by atoms with Crippen molar-refractivity contribution in [2.75, 3.05) is 0 Å². The van der Waals surface area contributed by atoms with Crippen LogP contribution in [-0.4, -0.2) is 10.9 Å². The molecule has 77 valence electrons. The van der Waals surface area contributed by atoms with E-state index in [2.05, 4.69) is 6.92 Å². The Morgan fingerprint density at radius 3 is 2.15 bits per heavy atom. The third-order valence-electron chi connectivity index (χ3n) is 2.17. The molecule has 0 aliphatic heterocycles. The largest absolute Gasteiger partial charge is 0.382 e. The molecule has 0 spiro atoms. The van der Waals surface area contributed by atoms with Gasteiger partial charge < -0.3 is 5.11 Å². The SMILES string of the molecule is CCCCCCCCCC(=O)[CH]O. The van der Waals surface area contributed by atoms with Crippen LogP contribution in [0.15, 0.2) is 0 Å². The molecule has 0 amide bonds. The molecule has 1 N–H and O–H groups in total. The summed E-state index contributed by atoms with van der Waals surface area (Å²) in [7, 11) is 0. The van der Waals surface area contributed by atoms with Crippen LogP contribution in [0.3, 0.4) is 0 Å². The van der Waals surface area contributed by atoms with Gasteiger partial charge in [-0.25, -0.2) is 0 Å². The molecular weight excluding hydrogens is 164 g/mol. The number of carbonyl (C=O) groups is 1. The quantitative estimate of drug-likeness (QED) is 0.560. The highest BCUT2D eigenvalue weighted by Crippen LogP contribution is 2.08. The normalized spacial score (nSPS) is 10.3. The molecule has 0 rings (SSSR count). The smallest absolute Gasteiger partial charge is 0.164 e. The highest BCUT2D eigenvalue weighted by atomic mass is 16.3. The van der Waals surface area contributed by atoms with E-state index in [1.165, 1.54) is 32.1 Å². The minimum absolute atomic E-state index is 0.145. The van der Waals surface area contributed by atoms with Crippen LogP contribution in [0.25, 0.3) is 0 Å². The van der Waals surface area contributed by atoms with E-state index in [4.69, 9.17) is 5.11 Å². The molecule has 2 heteroatoms. The summed E-state index contributed by atoms with van der Waals surface area (Å²) in [6.07, 6.45) is 8.96. The molecule has 0 saturated heterocycles. The van der Waals surface area contributed by atoms with Gasteiger partial charge >= 0.3 is 0 Å². The summed E-state index contributed by atoms with van der Waals surface area (Å²) >= 11 is 0. The molecule has 1 radical (unpaired) electrons. The fourth-order valence-electron chi connectivity index (χ4n) is 1.32. The monoisotopic (exact) mass is 185 g/mol. The Morgan fingerprint density at radius 1 is 1.08 bits per heavy atom. The van der Waals surface area contributed by atoms with Gasteiger partial charge in [-0.05, 0) is 6.42 Å². The van der Waals surface area contributed by atoms with Crippen LogP contribution < -0.4 is 0 Å². The van der Waals surface area contributed by atoms with Gasteiger partial charge in [0, 0.05) is 6.42 Å². The van der Waals surface area contributed by atoms with Gasteiger partial charge in [0.05, 0.1) is 0 Å². The van der Waals surface area contributed by atoms with E-state index < -0.39 is 0 Å². The van der Waals surface area contributed by atoms with Crippen LogP contribution in [0.2, 0.25) is 0 Å². The summed E-state index contributed by atoms with van der Waals surface area (Å²) in [5, 5.41) is 8.33. The van der Waals surface area contributed by atoms with Crippen molar-refractivity contribution in [1.82, 2.24) is 0 Å². The number of aliphatic hydroxyl groups is 1. The maximum absolute atomic E-state index is 10.6. The zero-order valence-corrected chi connectivity index (χ0v) is 8.59. The van der Waals surface area contributed by atoms with Crippen molar-refractivity contribution in [2.45, 2.75) is 58.3 Å². The van der Waals surface area contributed by atoms with Crippen molar-refractivity contribution in [1.29, 1.82) is 0 Å². The lowest BCUT2D eigenvalue weighted by Crippen LogP contribution is -1.96. The number of ketones is 1. The maximum Gasteiger partial charge on any atom is 0.164 e. The van der Waals surface area contributed by atoms with Crippen molar-refractivity contribution in [3.05, 3.63) is 6.61 Å². The third-order valence-corrected chi connectivity index (χ3v) is 2.17. The second-order valence-corrected chi connectivity index (χ2v) is 3.47. The first-order valence-electron chi connectivity index (χ1n) is 5.31. The first kappa shape index (κ1) is 12.6. The molecule has 0 aromatic rings. The number of hydrogen-bond donors (Lipinski definition) is 1. The number of Topliss-reactive ketones (excluding diaryl/α,β-unsaturated/α-hetero) is 1. The van der Waals surface area contributed by atoms with Crippen molar-refractivity contribution in [2.24, 2.45) is 0 Å². The van der Waals surface area contributed by atoms with Gasteiger partial charge in [-0.2, -0.15) is 0 Å². The van der Waals surface area contributed by atoms with Gasteiger partial charge in [0.1, 0.15) is 6.61 Å². The lowest BCUT2D eigenvalue weighted by molar-refractivity contribution is -0.118. The molecule has 0 heterocycles. The van der Waals surface area contributed by atoms with E-state index in [9.17, 15) is 4.79 Å². The summed E-state index contributed by atoms with van der Waals surface area (Å²) in [5.74, 6) is -0.145.